The van der Waals surface area contributed by atoms with Crippen molar-refractivity contribution in [3.63, 3.8) is 0 Å². The summed E-state index contributed by atoms with van der Waals surface area (Å²) < 4.78 is 1.64. The molecule has 3 heterocycles. The van der Waals surface area contributed by atoms with Crippen LogP contribution >= 0.6 is 46.3 Å². The van der Waals surface area contributed by atoms with Gasteiger partial charge < -0.3 is 5.32 Å². The van der Waals surface area contributed by atoms with Crippen molar-refractivity contribution in [3.8, 4) is 5.69 Å². The zero-order valence-electron chi connectivity index (χ0n) is 22.2. The fourth-order valence-electron chi connectivity index (χ4n) is 5.05. The highest BCUT2D eigenvalue weighted by Gasteiger charge is 2.26. The Bertz CT molecular complexity index is 1820. The SMILES string of the molecule is Cc1cccc(-n2c(SCC(=O)Nc3ccc(Cl)cc3Cl)nc3sc4c(c3c2=O)CCN(Cc2ccccc2)C4)c1. The van der Waals surface area contributed by atoms with Gasteiger partial charge in [-0.05, 0) is 60.4 Å². The molecule has 1 amide bonds. The van der Waals surface area contributed by atoms with Gasteiger partial charge >= 0.3 is 0 Å². The van der Waals surface area contributed by atoms with Crippen LogP contribution in [0.3, 0.4) is 0 Å². The number of nitrogens with zero attached hydrogens (tertiary/aromatic N) is 3. The molecule has 1 N–H and O–H groups in total. The summed E-state index contributed by atoms with van der Waals surface area (Å²) in [6.45, 7) is 4.51. The van der Waals surface area contributed by atoms with Crippen LogP contribution < -0.4 is 10.9 Å². The molecule has 5 aromatic rings. The van der Waals surface area contributed by atoms with E-state index in [1.54, 1.807) is 34.1 Å². The zero-order chi connectivity index (χ0) is 28.5. The van der Waals surface area contributed by atoms with E-state index in [9.17, 15) is 9.59 Å². The average Bonchev–Trinajstić information content (AvgIpc) is 3.32. The van der Waals surface area contributed by atoms with Crippen molar-refractivity contribution in [1.82, 2.24) is 14.5 Å². The summed E-state index contributed by atoms with van der Waals surface area (Å²) in [5, 5.41) is 4.84. The molecule has 208 valence electrons. The highest BCUT2D eigenvalue weighted by Crippen LogP contribution is 2.35. The van der Waals surface area contributed by atoms with Gasteiger partial charge in [0.2, 0.25) is 5.91 Å². The Morgan fingerprint density at radius 3 is 2.68 bits per heavy atom. The first-order chi connectivity index (χ1) is 19.9. The molecule has 0 radical (unpaired) electrons. The average molecular weight is 622 g/mol. The van der Waals surface area contributed by atoms with E-state index < -0.39 is 0 Å². The number of benzene rings is 3. The molecule has 2 aromatic heterocycles. The van der Waals surface area contributed by atoms with Crippen molar-refractivity contribution in [2.45, 2.75) is 31.6 Å². The van der Waals surface area contributed by atoms with Gasteiger partial charge in [0.15, 0.2) is 5.16 Å². The molecule has 0 bridgehead atoms. The van der Waals surface area contributed by atoms with Gasteiger partial charge in [0.25, 0.3) is 5.56 Å². The van der Waals surface area contributed by atoms with Crippen molar-refractivity contribution in [2.75, 3.05) is 17.6 Å². The fourth-order valence-corrected chi connectivity index (χ4v) is 7.62. The maximum absolute atomic E-state index is 14.2. The van der Waals surface area contributed by atoms with E-state index in [2.05, 4.69) is 34.5 Å². The van der Waals surface area contributed by atoms with E-state index in [1.807, 2.05) is 37.3 Å². The summed E-state index contributed by atoms with van der Waals surface area (Å²) in [6, 6.07) is 23.1. The summed E-state index contributed by atoms with van der Waals surface area (Å²) in [6.07, 6.45) is 0.795. The molecule has 0 unspecified atom stereocenters. The molecule has 0 saturated carbocycles. The largest absolute Gasteiger partial charge is 0.324 e. The second-order valence-corrected chi connectivity index (χ2v) is 12.8. The third-order valence-corrected chi connectivity index (χ3v) is 9.57. The Labute approximate surface area is 255 Å². The van der Waals surface area contributed by atoms with E-state index >= 15 is 0 Å². The lowest BCUT2D eigenvalue weighted by atomic mass is 10.0. The van der Waals surface area contributed by atoms with Crippen LogP contribution in [-0.2, 0) is 24.3 Å². The zero-order valence-corrected chi connectivity index (χ0v) is 25.3. The molecule has 10 heteroatoms. The lowest BCUT2D eigenvalue weighted by Gasteiger charge is -2.26. The Hall–Kier alpha value is -3.14. The Morgan fingerprint density at radius 2 is 1.90 bits per heavy atom. The minimum atomic E-state index is -0.258. The number of fused-ring (bicyclic) bond motifs is 3. The van der Waals surface area contributed by atoms with Crippen LogP contribution in [0, 0.1) is 6.92 Å². The van der Waals surface area contributed by atoms with Gasteiger partial charge in [-0.2, -0.15) is 0 Å². The summed E-state index contributed by atoms with van der Waals surface area (Å²) >= 11 is 15.0. The first-order valence-electron chi connectivity index (χ1n) is 13.1. The number of carbonyl (C=O) groups excluding carboxylic acids is 1. The predicted molar refractivity (Wildman–Crippen MR) is 170 cm³/mol. The molecular formula is C31H26Cl2N4O2S2. The quantitative estimate of drug-likeness (QED) is 0.152. The third kappa shape index (κ3) is 6.08. The highest BCUT2D eigenvalue weighted by molar-refractivity contribution is 7.99. The van der Waals surface area contributed by atoms with E-state index in [0.717, 1.165) is 42.9 Å². The number of hydrogen-bond acceptors (Lipinski definition) is 6. The number of thioether (sulfide) groups is 1. The Morgan fingerprint density at radius 1 is 1.07 bits per heavy atom. The van der Waals surface area contributed by atoms with Crippen molar-refractivity contribution < 1.29 is 4.79 Å². The lowest BCUT2D eigenvalue weighted by molar-refractivity contribution is -0.113. The first-order valence-corrected chi connectivity index (χ1v) is 15.7. The summed E-state index contributed by atoms with van der Waals surface area (Å²) in [4.78, 5) is 36.3. The van der Waals surface area contributed by atoms with Gasteiger partial charge in [-0.1, -0.05) is 77.4 Å². The number of thiophene rings is 1. The molecule has 0 spiro atoms. The van der Waals surface area contributed by atoms with Gasteiger partial charge in [-0.3, -0.25) is 19.1 Å². The molecule has 41 heavy (non-hydrogen) atoms. The molecule has 1 aliphatic heterocycles. The standard InChI is InChI=1S/C31H26Cl2N4O2S2/c1-19-6-5-9-22(14-19)37-30(39)28-23-12-13-36(16-20-7-3-2-4-8-20)17-26(23)41-29(28)35-31(37)40-18-27(38)34-25-11-10-21(32)15-24(25)33/h2-11,14-15H,12-13,16-18H2,1H3,(H,34,38). The number of nitrogens with one attached hydrogen (secondary N) is 1. The lowest BCUT2D eigenvalue weighted by Crippen LogP contribution is -2.30. The van der Waals surface area contributed by atoms with E-state index in [1.165, 1.54) is 22.2 Å². The van der Waals surface area contributed by atoms with Crippen LogP contribution in [0.2, 0.25) is 10.0 Å². The van der Waals surface area contributed by atoms with Gasteiger partial charge in [0.05, 0.1) is 27.5 Å². The van der Waals surface area contributed by atoms with Gasteiger partial charge in [-0.25, -0.2) is 4.98 Å². The first kappa shape index (κ1) is 28.0. The second-order valence-electron chi connectivity index (χ2n) is 9.97. The fraction of sp³-hybridized carbons (Fsp3) is 0.194. The van der Waals surface area contributed by atoms with Crippen molar-refractivity contribution in [3.05, 3.63) is 115 Å². The van der Waals surface area contributed by atoms with Gasteiger partial charge in [-0.15, -0.1) is 11.3 Å². The molecule has 0 aliphatic carbocycles. The van der Waals surface area contributed by atoms with E-state index in [4.69, 9.17) is 28.2 Å². The molecule has 0 atom stereocenters. The third-order valence-electron chi connectivity index (χ3n) is 6.97. The predicted octanol–water partition coefficient (Wildman–Crippen LogP) is 7.35. The van der Waals surface area contributed by atoms with E-state index in [-0.39, 0.29) is 17.2 Å². The molecule has 0 fully saturated rings. The minimum Gasteiger partial charge on any atom is -0.324 e. The van der Waals surface area contributed by atoms with Crippen LogP contribution in [0.1, 0.15) is 21.6 Å². The Kier molecular flexibility index (Phi) is 8.19. The Balaban J connectivity index is 1.33. The number of aryl methyl sites for hydroxylation is 1. The van der Waals surface area contributed by atoms with Crippen LogP contribution in [0.5, 0.6) is 0 Å². The highest BCUT2D eigenvalue weighted by atomic mass is 35.5. The monoisotopic (exact) mass is 620 g/mol. The number of rotatable bonds is 7. The smallest absolute Gasteiger partial charge is 0.267 e. The van der Waals surface area contributed by atoms with Crippen molar-refractivity contribution in [1.29, 1.82) is 0 Å². The summed E-state index contributed by atoms with van der Waals surface area (Å²) in [7, 11) is 0. The van der Waals surface area contributed by atoms with Crippen molar-refractivity contribution in [2.24, 2.45) is 0 Å². The number of hydrogen-bond donors (Lipinski definition) is 1. The van der Waals surface area contributed by atoms with Crippen molar-refractivity contribution >= 4 is 68.1 Å². The number of aromatic nitrogens is 2. The molecule has 0 saturated heterocycles. The van der Waals surface area contributed by atoms with E-state index in [0.29, 0.717) is 31.1 Å². The van der Waals surface area contributed by atoms with Crippen LogP contribution in [0.15, 0.2) is 82.7 Å². The number of carbonyl (C=O) groups is 1. The minimum absolute atomic E-state index is 0.0542. The molecular weight excluding hydrogens is 595 g/mol. The molecule has 6 nitrogen and oxygen atoms in total. The number of amides is 1. The van der Waals surface area contributed by atoms with Crippen LogP contribution in [0.4, 0.5) is 5.69 Å². The van der Waals surface area contributed by atoms with Gasteiger partial charge in [0.1, 0.15) is 4.83 Å². The number of halogens is 2. The number of anilines is 1. The molecule has 6 rings (SSSR count). The summed E-state index contributed by atoms with van der Waals surface area (Å²) in [5.41, 5.74) is 4.51. The van der Waals surface area contributed by atoms with Crippen LogP contribution in [0.25, 0.3) is 15.9 Å². The maximum atomic E-state index is 14.2. The van der Waals surface area contributed by atoms with Crippen LogP contribution in [-0.4, -0.2) is 32.7 Å². The molecule has 1 aliphatic rings. The second kappa shape index (κ2) is 12.0. The topological polar surface area (TPSA) is 67.2 Å². The normalized spacial score (nSPS) is 13.3. The van der Waals surface area contributed by atoms with Gasteiger partial charge in [0, 0.05) is 29.5 Å². The molecule has 3 aromatic carbocycles. The maximum Gasteiger partial charge on any atom is 0.267 e. The summed E-state index contributed by atoms with van der Waals surface area (Å²) in [5.74, 6) is -0.204.